The topological polar surface area (TPSA) is 218 Å². The Hall–Kier alpha value is -5.90. The van der Waals surface area contributed by atoms with Crippen LogP contribution in [0.5, 0.6) is 0 Å². The van der Waals surface area contributed by atoms with E-state index in [1.54, 1.807) is 99.6 Å². The minimum atomic E-state index is -1.27. The van der Waals surface area contributed by atoms with Crippen molar-refractivity contribution in [1.29, 1.82) is 0 Å². The van der Waals surface area contributed by atoms with Crippen LogP contribution in [0, 0.1) is 5.92 Å². The van der Waals surface area contributed by atoms with Gasteiger partial charge in [-0.15, -0.1) is 0 Å². The third-order valence-corrected chi connectivity index (χ3v) is 11.0. The van der Waals surface area contributed by atoms with Crippen LogP contribution < -0.4 is 32.3 Å². The molecule has 0 unspecified atom stereocenters. The summed E-state index contributed by atoms with van der Waals surface area (Å²) in [6.07, 6.45) is 2.76. The summed E-state index contributed by atoms with van der Waals surface area (Å²) in [5, 5.41) is 14.1. The fraction of sp³-hybridized carbons (Fsp3) is 0.468. The van der Waals surface area contributed by atoms with E-state index in [0.29, 0.717) is 42.7 Å². The minimum absolute atomic E-state index is 0.0194. The molecule has 0 aliphatic carbocycles. The number of benzene rings is 3. The molecule has 1 heterocycles. The molecule has 7 amide bonds. The molecule has 0 bridgehead atoms. The van der Waals surface area contributed by atoms with Crippen LogP contribution in [0.25, 0.3) is 0 Å². The molecule has 4 rings (SSSR count). The Morgan fingerprint density at radius 1 is 0.698 bits per heavy atom. The first-order valence-corrected chi connectivity index (χ1v) is 22.8. The number of thioether (sulfide) groups is 1. The Kier molecular flexibility index (Phi) is 19.0. The van der Waals surface area contributed by atoms with Gasteiger partial charge in [0.2, 0.25) is 35.4 Å². The second-order valence-electron chi connectivity index (χ2n) is 17.1. The lowest BCUT2D eigenvalue weighted by atomic mass is 9.99. The quantitative estimate of drug-likeness (QED) is 0.0912. The standard InChI is InChI=1S/C47H63N7O8S/c1-30(2)27-35(41(56)49-34(40(48)55)24-26-63-6)50-42(57)36(28-31-17-10-7-11-18-31)51-43(58)37(29-32-19-12-8-13-20-32)52-45(60)39(33-21-14-9-15-22-33)53-44(59)38-23-16-25-54(38)46(61)62-47(3,4)5/h7-15,17-22,30,34-39H,16,23-29H2,1-6H3,(H2,48,55)(H,49,56)(H,50,57)(H,51,58)(H,52,60)(H,53,59)/t34-,35-,36+,37-,38-,39+/m0/s1. The zero-order valence-corrected chi connectivity index (χ0v) is 37.9. The fourth-order valence-corrected chi connectivity index (χ4v) is 7.65. The maximum absolute atomic E-state index is 14.5. The lowest BCUT2D eigenvalue weighted by molar-refractivity contribution is -0.135. The number of nitrogens with zero attached hydrogens (tertiary/aromatic N) is 1. The van der Waals surface area contributed by atoms with Gasteiger partial charge in [-0.05, 0) is 81.1 Å². The predicted molar refractivity (Wildman–Crippen MR) is 243 cm³/mol. The fourth-order valence-electron chi connectivity index (χ4n) is 7.18. The summed E-state index contributed by atoms with van der Waals surface area (Å²) in [5.74, 6) is -3.34. The summed E-state index contributed by atoms with van der Waals surface area (Å²) in [5.41, 5.74) is 6.69. The van der Waals surface area contributed by atoms with Crippen LogP contribution in [0.15, 0.2) is 91.0 Å². The number of hydrogen-bond acceptors (Lipinski definition) is 9. The van der Waals surface area contributed by atoms with Gasteiger partial charge >= 0.3 is 6.09 Å². The summed E-state index contributed by atoms with van der Waals surface area (Å²) >= 11 is 1.50. The van der Waals surface area contributed by atoms with E-state index < -0.39 is 83.4 Å². The molecule has 0 saturated carbocycles. The molecule has 16 heteroatoms. The number of nitrogens with one attached hydrogen (secondary N) is 5. The number of nitrogens with two attached hydrogens (primary N) is 1. The van der Waals surface area contributed by atoms with Gasteiger partial charge in [0.15, 0.2) is 0 Å². The van der Waals surface area contributed by atoms with E-state index in [1.807, 2.05) is 32.2 Å². The number of primary amides is 1. The molecule has 0 spiro atoms. The molecule has 1 aliphatic heterocycles. The Labute approximate surface area is 374 Å². The highest BCUT2D eigenvalue weighted by Crippen LogP contribution is 2.23. The summed E-state index contributed by atoms with van der Waals surface area (Å²) < 4.78 is 5.56. The Morgan fingerprint density at radius 3 is 1.67 bits per heavy atom. The SMILES string of the molecule is CSCC[C@H](NC(=O)[C@H](CC(C)C)NC(=O)[C@@H](Cc1ccccc1)NC(=O)[C@H](Cc1ccccc1)NC(=O)[C@H](NC(=O)[C@@H]1CCCN1C(=O)OC(C)(C)C)c1ccccc1)C(N)=O. The predicted octanol–water partition coefficient (Wildman–Crippen LogP) is 3.95. The molecule has 0 aromatic heterocycles. The molecule has 1 aliphatic rings. The number of carbonyl (C=O) groups excluding carboxylic acids is 7. The van der Waals surface area contributed by atoms with Crippen LogP contribution in [-0.4, -0.2) is 101 Å². The Bertz CT molecular complexity index is 2000. The normalized spacial score (nSPS) is 16.1. The summed E-state index contributed by atoms with van der Waals surface area (Å²) in [6.45, 7) is 9.31. The van der Waals surface area contributed by atoms with Crippen LogP contribution >= 0.6 is 11.8 Å². The van der Waals surface area contributed by atoms with Gasteiger partial charge in [-0.25, -0.2) is 4.79 Å². The summed E-state index contributed by atoms with van der Waals surface area (Å²) in [4.78, 5) is 97.6. The number of ether oxygens (including phenoxy) is 1. The molecule has 6 atom stereocenters. The van der Waals surface area contributed by atoms with Gasteiger partial charge in [0, 0.05) is 19.4 Å². The molecule has 7 N–H and O–H groups in total. The van der Waals surface area contributed by atoms with Gasteiger partial charge in [0.1, 0.15) is 41.9 Å². The minimum Gasteiger partial charge on any atom is -0.444 e. The number of rotatable bonds is 21. The van der Waals surface area contributed by atoms with Crippen molar-refractivity contribution in [2.45, 2.75) is 115 Å². The molecular formula is C47H63N7O8S. The van der Waals surface area contributed by atoms with Gasteiger partial charge in [0.05, 0.1) is 0 Å². The Balaban J connectivity index is 1.63. The zero-order valence-electron chi connectivity index (χ0n) is 37.1. The van der Waals surface area contributed by atoms with E-state index >= 15 is 0 Å². The molecule has 340 valence electrons. The van der Waals surface area contributed by atoms with Gasteiger partial charge in [-0.2, -0.15) is 11.8 Å². The average Bonchev–Trinajstić information content (AvgIpc) is 3.74. The maximum atomic E-state index is 14.5. The second-order valence-corrected chi connectivity index (χ2v) is 18.1. The van der Waals surface area contributed by atoms with E-state index in [2.05, 4.69) is 26.6 Å². The smallest absolute Gasteiger partial charge is 0.410 e. The number of likely N-dealkylation sites (tertiary alicyclic amines) is 1. The third-order valence-electron chi connectivity index (χ3n) is 10.3. The number of carbonyl (C=O) groups is 7. The summed E-state index contributed by atoms with van der Waals surface area (Å²) in [6, 6.07) is 20.0. The lowest BCUT2D eigenvalue weighted by Gasteiger charge is -2.30. The maximum Gasteiger partial charge on any atom is 0.410 e. The van der Waals surface area contributed by atoms with Gasteiger partial charge in [0.25, 0.3) is 0 Å². The number of hydrogen-bond donors (Lipinski definition) is 6. The van der Waals surface area contributed by atoms with E-state index in [0.717, 1.165) is 5.56 Å². The number of amides is 7. The van der Waals surface area contributed by atoms with Crippen molar-refractivity contribution in [3.05, 3.63) is 108 Å². The first-order chi connectivity index (χ1) is 29.9. The van der Waals surface area contributed by atoms with Gasteiger partial charge < -0.3 is 37.1 Å². The van der Waals surface area contributed by atoms with E-state index in [4.69, 9.17) is 10.5 Å². The zero-order chi connectivity index (χ0) is 46.1. The third kappa shape index (κ3) is 16.1. The Morgan fingerprint density at radius 2 is 1.17 bits per heavy atom. The van der Waals surface area contributed by atoms with Crippen LogP contribution in [0.4, 0.5) is 4.79 Å². The van der Waals surface area contributed by atoms with E-state index in [9.17, 15) is 33.6 Å². The van der Waals surface area contributed by atoms with Crippen molar-refractivity contribution < 1.29 is 38.3 Å². The molecule has 0 radical (unpaired) electrons. The molecule has 3 aromatic rings. The average molecular weight is 886 g/mol. The molecule has 3 aromatic carbocycles. The van der Waals surface area contributed by atoms with Crippen LogP contribution in [0.2, 0.25) is 0 Å². The van der Waals surface area contributed by atoms with E-state index in [-0.39, 0.29) is 25.2 Å². The molecule has 15 nitrogen and oxygen atoms in total. The van der Waals surface area contributed by atoms with Crippen molar-refractivity contribution in [2.24, 2.45) is 11.7 Å². The van der Waals surface area contributed by atoms with Crippen molar-refractivity contribution in [2.75, 3.05) is 18.6 Å². The van der Waals surface area contributed by atoms with Crippen molar-refractivity contribution >= 4 is 53.3 Å². The molecule has 1 saturated heterocycles. The largest absolute Gasteiger partial charge is 0.444 e. The van der Waals surface area contributed by atoms with Crippen LogP contribution in [-0.2, 0) is 46.3 Å². The van der Waals surface area contributed by atoms with Crippen molar-refractivity contribution in [3.63, 3.8) is 0 Å². The highest BCUT2D eigenvalue weighted by Gasteiger charge is 2.39. The van der Waals surface area contributed by atoms with Gasteiger partial charge in [-0.3, -0.25) is 33.7 Å². The van der Waals surface area contributed by atoms with Crippen LogP contribution in [0.1, 0.15) is 83.0 Å². The summed E-state index contributed by atoms with van der Waals surface area (Å²) in [7, 11) is 0. The van der Waals surface area contributed by atoms with Crippen LogP contribution in [0.3, 0.4) is 0 Å². The van der Waals surface area contributed by atoms with Gasteiger partial charge in [-0.1, -0.05) is 105 Å². The first-order valence-electron chi connectivity index (χ1n) is 21.4. The highest BCUT2D eigenvalue weighted by molar-refractivity contribution is 7.98. The monoisotopic (exact) mass is 885 g/mol. The molecule has 1 fully saturated rings. The van der Waals surface area contributed by atoms with E-state index in [1.165, 1.54) is 16.7 Å². The molecule has 63 heavy (non-hydrogen) atoms. The molecular weight excluding hydrogens is 823 g/mol. The first kappa shape index (κ1) is 49.8. The second kappa shape index (κ2) is 24.1. The highest BCUT2D eigenvalue weighted by atomic mass is 32.2. The van der Waals surface area contributed by atoms with Crippen molar-refractivity contribution in [3.8, 4) is 0 Å². The van der Waals surface area contributed by atoms with Crippen molar-refractivity contribution in [1.82, 2.24) is 31.5 Å². The lowest BCUT2D eigenvalue weighted by Crippen LogP contribution is -2.59.